The number of methoxy groups -OCH3 is 1. The fraction of sp³-hybridized carbons (Fsp3) is 0.333. The van der Waals surface area contributed by atoms with Crippen molar-refractivity contribution in [1.82, 2.24) is 19.8 Å². The number of hydrogen-bond acceptors (Lipinski definition) is 6. The number of likely N-dealkylation sites (N-methyl/N-ethyl adjacent to an activating group) is 1. The smallest absolute Gasteiger partial charge is 0.311 e. The van der Waals surface area contributed by atoms with Crippen molar-refractivity contribution in [2.24, 2.45) is 0 Å². The van der Waals surface area contributed by atoms with Gasteiger partial charge in [0.05, 0.1) is 23.1 Å². The molecule has 3 aromatic rings. The van der Waals surface area contributed by atoms with Crippen LogP contribution in [0.2, 0.25) is 0 Å². The van der Waals surface area contributed by atoms with Crippen molar-refractivity contribution in [3.63, 3.8) is 0 Å². The third-order valence-corrected chi connectivity index (χ3v) is 4.78. The molecule has 9 nitrogen and oxygen atoms in total. The summed E-state index contributed by atoms with van der Waals surface area (Å²) in [5.41, 5.74) is 1.95. The molecule has 0 bridgehead atoms. The highest BCUT2D eigenvalue weighted by atomic mass is 16.6. The van der Waals surface area contributed by atoms with E-state index in [1.165, 1.54) is 25.3 Å². The molecular formula is C21H25N5O4. The van der Waals surface area contributed by atoms with Crippen molar-refractivity contribution in [1.29, 1.82) is 0 Å². The molecule has 30 heavy (non-hydrogen) atoms. The Balaban J connectivity index is 1.71. The van der Waals surface area contributed by atoms with Crippen LogP contribution in [-0.2, 0) is 13.0 Å². The molecule has 158 valence electrons. The van der Waals surface area contributed by atoms with E-state index in [2.05, 4.69) is 14.8 Å². The van der Waals surface area contributed by atoms with Crippen LogP contribution in [0.1, 0.15) is 16.2 Å². The summed E-state index contributed by atoms with van der Waals surface area (Å²) in [6, 6.07) is 12.1. The molecule has 0 aliphatic carbocycles. The van der Waals surface area contributed by atoms with Gasteiger partial charge in [-0.1, -0.05) is 12.1 Å². The fourth-order valence-electron chi connectivity index (χ4n) is 3.23. The molecule has 0 saturated carbocycles. The lowest BCUT2D eigenvalue weighted by atomic mass is 10.1. The summed E-state index contributed by atoms with van der Waals surface area (Å²) in [6.07, 6.45) is 0.548. The third-order valence-electron chi connectivity index (χ3n) is 4.78. The summed E-state index contributed by atoms with van der Waals surface area (Å²) in [7, 11) is 5.39. The highest BCUT2D eigenvalue weighted by Crippen LogP contribution is 2.27. The molecule has 0 unspecified atom stereocenters. The number of nitro groups is 1. The van der Waals surface area contributed by atoms with E-state index < -0.39 is 4.92 Å². The molecule has 9 heteroatoms. The summed E-state index contributed by atoms with van der Waals surface area (Å²) in [5, 5.41) is 14.0. The van der Waals surface area contributed by atoms with Crippen LogP contribution in [0.25, 0.3) is 11.0 Å². The highest BCUT2D eigenvalue weighted by molar-refractivity contribution is 5.95. The standard InChI is InChI=1S/C21H25N5O4/c1-24(2)12-13-25-17-7-5-4-6-16(17)23-20(25)10-11-22-21(27)15-8-9-19(30-3)18(14-15)26(28)29/h4-9,14H,10-13H2,1-3H3,(H,22,27). The van der Waals surface area contributed by atoms with Crippen molar-refractivity contribution >= 4 is 22.6 Å². The number of amides is 1. The van der Waals surface area contributed by atoms with Crippen molar-refractivity contribution < 1.29 is 14.5 Å². The lowest BCUT2D eigenvalue weighted by Crippen LogP contribution is -2.27. The van der Waals surface area contributed by atoms with Gasteiger partial charge in [-0.2, -0.15) is 0 Å². The van der Waals surface area contributed by atoms with Gasteiger partial charge in [-0.25, -0.2) is 4.98 Å². The molecule has 2 aromatic carbocycles. The maximum absolute atomic E-state index is 12.5. The van der Waals surface area contributed by atoms with Gasteiger partial charge in [-0.3, -0.25) is 14.9 Å². The lowest BCUT2D eigenvalue weighted by Gasteiger charge is -2.13. The van der Waals surface area contributed by atoms with Crippen LogP contribution in [0, 0.1) is 10.1 Å². The Hall–Kier alpha value is -3.46. The Morgan fingerprint density at radius 3 is 2.73 bits per heavy atom. The number of imidazole rings is 1. The van der Waals surface area contributed by atoms with E-state index in [0.717, 1.165) is 29.9 Å². The maximum atomic E-state index is 12.5. The van der Waals surface area contributed by atoms with Gasteiger partial charge in [0, 0.05) is 37.7 Å². The molecule has 0 fully saturated rings. The number of hydrogen-bond donors (Lipinski definition) is 1. The Morgan fingerprint density at radius 1 is 1.27 bits per heavy atom. The monoisotopic (exact) mass is 411 g/mol. The van der Waals surface area contributed by atoms with E-state index in [1.807, 2.05) is 38.4 Å². The predicted molar refractivity (Wildman–Crippen MR) is 114 cm³/mol. The van der Waals surface area contributed by atoms with Gasteiger partial charge < -0.3 is 19.5 Å². The van der Waals surface area contributed by atoms with Crippen molar-refractivity contribution in [3.8, 4) is 5.75 Å². The Kier molecular flexibility index (Phi) is 6.63. The van der Waals surface area contributed by atoms with E-state index in [1.54, 1.807) is 0 Å². The van der Waals surface area contributed by atoms with E-state index in [4.69, 9.17) is 9.72 Å². The van der Waals surface area contributed by atoms with E-state index in [9.17, 15) is 14.9 Å². The minimum Gasteiger partial charge on any atom is -0.490 e. The lowest BCUT2D eigenvalue weighted by molar-refractivity contribution is -0.385. The number of benzene rings is 2. The Bertz CT molecular complexity index is 1060. The molecule has 0 saturated heterocycles. The number of ether oxygens (including phenoxy) is 1. The van der Waals surface area contributed by atoms with Crippen LogP contribution in [0.15, 0.2) is 42.5 Å². The van der Waals surface area contributed by atoms with E-state index >= 15 is 0 Å². The van der Waals surface area contributed by atoms with E-state index in [0.29, 0.717) is 13.0 Å². The van der Waals surface area contributed by atoms with Crippen LogP contribution in [-0.4, -0.2) is 59.6 Å². The van der Waals surface area contributed by atoms with Gasteiger partial charge in [-0.15, -0.1) is 0 Å². The SMILES string of the molecule is COc1ccc(C(=O)NCCc2nc3ccccc3n2CCN(C)C)cc1[N+](=O)[O-]. The van der Waals surface area contributed by atoms with Crippen LogP contribution in [0.4, 0.5) is 5.69 Å². The first-order valence-corrected chi connectivity index (χ1v) is 9.60. The number of nitrogens with one attached hydrogen (secondary N) is 1. The Morgan fingerprint density at radius 2 is 2.03 bits per heavy atom. The van der Waals surface area contributed by atoms with Gasteiger partial charge in [-0.05, 0) is 38.4 Å². The predicted octanol–water partition coefficient (Wildman–Crippen LogP) is 2.49. The minimum absolute atomic E-state index is 0.117. The zero-order valence-corrected chi connectivity index (χ0v) is 17.3. The number of carbonyl (C=O) groups is 1. The van der Waals surface area contributed by atoms with Gasteiger partial charge in [0.1, 0.15) is 5.82 Å². The van der Waals surface area contributed by atoms with Crippen molar-refractivity contribution in [2.75, 3.05) is 34.3 Å². The van der Waals surface area contributed by atoms with Crippen molar-refractivity contribution in [2.45, 2.75) is 13.0 Å². The second-order valence-corrected chi connectivity index (χ2v) is 7.12. The first-order chi connectivity index (χ1) is 14.4. The topological polar surface area (TPSA) is 103 Å². The molecule has 0 radical (unpaired) electrons. The number of aromatic nitrogens is 2. The highest BCUT2D eigenvalue weighted by Gasteiger charge is 2.18. The fourth-order valence-corrected chi connectivity index (χ4v) is 3.23. The Labute approximate surface area is 174 Å². The molecule has 0 atom stereocenters. The molecule has 3 rings (SSSR count). The number of nitro benzene ring substituents is 1. The average Bonchev–Trinajstić information content (AvgIpc) is 3.08. The van der Waals surface area contributed by atoms with E-state index in [-0.39, 0.29) is 22.9 Å². The van der Waals surface area contributed by atoms with Gasteiger partial charge in [0.15, 0.2) is 5.75 Å². The second-order valence-electron chi connectivity index (χ2n) is 7.12. The summed E-state index contributed by atoms with van der Waals surface area (Å²) in [4.78, 5) is 29.9. The normalized spacial score (nSPS) is 11.1. The number of nitrogens with zero attached hydrogens (tertiary/aromatic N) is 4. The molecule has 1 aromatic heterocycles. The molecule has 1 N–H and O–H groups in total. The molecular weight excluding hydrogens is 386 g/mol. The number of para-hydroxylation sites is 2. The quantitative estimate of drug-likeness (QED) is 0.429. The largest absolute Gasteiger partial charge is 0.490 e. The zero-order chi connectivity index (χ0) is 21.7. The summed E-state index contributed by atoms with van der Waals surface area (Å²) >= 11 is 0. The molecule has 1 amide bonds. The number of rotatable bonds is 9. The summed E-state index contributed by atoms with van der Waals surface area (Å²) in [5.74, 6) is 0.627. The van der Waals surface area contributed by atoms with Crippen LogP contribution in [0.3, 0.4) is 0 Å². The van der Waals surface area contributed by atoms with Crippen LogP contribution >= 0.6 is 0 Å². The molecule has 0 spiro atoms. The van der Waals surface area contributed by atoms with Gasteiger partial charge in [0.25, 0.3) is 5.91 Å². The molecule has 0 aliphatic rings. The van der Waals surface area contributed by atoms with Gasteiger partial charge in [0.2, 0.25) is 0 Å². The molecule has 1 heterocycles. The first-order valence-electron chi connectivity index (χ1n) is 9.60. The van der Waals surface area contributed by atoms with Crippen LogP contribution < -0.4 is 10.1 Å². The zero-order valence-electron chi connectivity index (χ0n) is 17.3. The summed E-state index contributed by atoms with van der Waals surface area (Å²) < 4.78 is 7.14. The van der Waals surface area contributed by atoms with Crippen molar-refractivity contribution in [3.05, 3.63) is 64.0 Å². The average molecular weight is 411 g/mol. The second kappa shape index (κ2) is 9.36. The summed E-state index contributed by atoms with van der Waals surface area (Å²) in [6.45, 7) is 2.03. The molecule has 0 aliphatic heterocycles. The maximum Gasteiger partial charge on any atom is 0.311 e. The van der Waals surface area contributed by atoms with Crippen LogP contribution in [0.5, 0.6) is 5.75 Å². The number of fused-ring (bicyclic) bond motifs is 1. The third kappa shape index (κ3) is 4.74. The first kappa shape index (κ1) is 21.3. The van der Waals surface area contributed by atoms with Gasteiger partial charge >= 0.3 is 5.69 Å². The minimum atomic E-state index is -0.567. The number of carbonyl (C=O) groups excluding carboxylic acids is 1.